The van der Waals surface area contributed by atoms with Crippen molar-refractivity contribution in [1.82, 2.24) is 4.98 Å². The number of carbonyl (C=O) groups excluding carboxylic acids is 1. The lowest BCUT2D eigenvalue weighted by Crippen LogP contribution is -2.29. The number of anilines is 1. The SMILES string of the molecule is O=C(CS(=O)(=O)C1CCCC1)Nc1ncc(Cc2ccc(F)c(F)c2)s1. The van der Waals surface area contributed by atoms with E-state index in [1.54, 1.807) is 0 Å². The Morgan fingerprint density at radius 1 is 1.23 bits per heavy atom. The molecule has 1 N–H and O–H groups in total. The molecular weight excluding hydrogens is 382 g/mol. The molecule has 1 aromatic carbocycles. The average molecular weight is 400 g/mol. The maximum Gasteiger partial charge on any atom is 0.241 e. The molecule has 140 valence electrons. The van der Waals surface area contributed by atoms with Crippen LogP contribution in [0.1, 0.15) is 36.1 Å². The number of hydrogen-bond donors (Lipinski definition) is 1. The van der Waals surface area contributed by atoms with E-state index < -0.39 is 38.4 Å². The van der Waals surface area contributed by atoms with Crippen molar-refractivity contribution in [2.45, 2.75) is 37.4 Å². The van der Waals surface area contributed by atoms with Gasteiger partial charge in [0, 0.05) is 17.5 Å². The van der Waals surface area contributed by atoms with E-state index in [9.17, 15) is 22.0 Å². The zero-order valence-electron chi connectivity index (χ0n) is 13.9. The van der Waals surface area contributed by atoms with Crippen molar-refractivity contribution in [2.75, 3.05) is 11.1 Å². The molecule has 1 aliphatic rings. The van der Waals surface area contributed by atoms with Crippen LogP contribution in [0.15, 0.2) is 24.4 Å². The molecule has 0 bridgehead atoms. The van der Waals surface area contributed by atoms with Crippen LogP contribution in [0.4, 0.5) is 13.9 Å². The number of hydrogen-bond acceptors (Lipinski definition) is 5. The summed E-state index contributed by atoms with van der Waals surface area (Å²) < 4.78 is 50.6. The molecule has 5 nitrogen and oxygen atoms in total. The molecule has 0 atom stereocenters. The fourth-order valence-corrected chi connectivity index (χ4v) is 5.59. The number of amides is 1. The first-order valence-electron chi connectivity index (χ1n) is 8.23. The van der Waals surface area contributed by atoms with Crippen molar-refractivity contribution < 1.29 is 22.0 Å². The number of halogens is 2. The Morgan fingerprint density at radius 3 is 2.65 bits per heavy atom. The Balaban J connectivity index is 1.59. The first kappa shape index (κ1) is 18.9. The number of nitrogens with zero attached hydrogens (tertiary/aromatic N) is 1. The lowest BCUT2D eigenvalue weighted by atomic mass is 10.1. The topological polar surface area (TPSA) is 76.1 Å². The number of benzene rings is 1. The van der Waals surface area contributed by atoms with Crippen molar-refractivity contribution >= 4 is 32.2 Å². The smallest absolute Gasteiger partial charge is 0.241 e. The third-order valence-electron chi connectivity index (χ3n) is 4.30. The lowest BCUT2D eigenvalue weighted by Gasteiger charge is -2.10. The molecule has 1 saturated carbocycles. The van der Waals surface area contributed by atoms with Gasteiger partial charge in [-0.3, -0.25) is 4.79 Å². The van der Waals surface area contributed by atoms with Crippen LogP contribution < -0.4 is 5.32 Å². The van der Waals surface area contributed by atoms with Crippen molar-refractivity contribution in [3.63, 3.8) is 0 Å². The first-order valence-corrected chi connectivity index (χ1v) is 10.8. The second-order valence-corrected chi connectivity index (χ2v) is 9.72. The second-order valence-electron chi connectivity index (χ2n) is 6.32. The zero-order chi connectivity index (χ0) is 18.7. The molecule has 0 saturated heterocycles. The minimum Gasteiger partial charge on any atom is -0.301 e. The van der Waals surface area contributed by atoms with Crippen LogP contribution in [0.5, 0.6) is 0 Å². The Kier molecular flexibility index (Phi) is 5.67. The van der Waals surface area contributed by atoms with Crippen LogP contribution in [0.3, 0.4) is 0 Å². The summed E-state index contributed by atoms with van der Waals surface area (Å²) in [5, 5.41) is 2.37. The summed E-state index contributed by atoms with van der Waals surface area (Å²) in [4.78, 5) is 16.8. The molecule has 3 rings (SSSR count). The highest BCUT2D eigenvalue weighted by molar-refractivity contribution is 7.92. The number of sulfone groups is 1. The average Bonchev–Trinajstić information content (AvgIpc) is 3.23. The minimum atomic E-state index is -3.44. The van der Waals surface area contributed by atoms with E-state index in [0.29, 0.717) is 24.8 Å². The molecule has 1 amide bonds. The highest BCUT2D eigenvalue weighted by Crippen LogP contribution is 2.26. The maximum atomic E-state index is 13.2. The van der Waals surface area contributed by atoms with Crippen molar-refractivity contribution in [2.24, 2.45) is 0 Å². The molecule has 0 aliphatic heterocycles. The molecule has 1 aromatic heterocycles. The summed E-state index contributed by atoms with van der Waals surface area (Å²) in [6.07, 6.45) is 4.85. The summed E-state index contributed by atoms with van der Waals surface area (Å²) in [6, 6.07) is 3.65. The fourth-order valence-electron chi connectivity index (χ4n) is 3.00. The van der Waals surface area contributed by atoms with Gasteiger partial charge in [-0.05, 0) is 30.5 Å². The van der Waals surface area contributed by atoms with Crippen molar-refractivity contribution in [1.29, 1.82) is 0 Å². The van der Waals surface area contributed by atoms with E-state index in [1.165, 1.54) is 23.6 Å². The van der Waals surface area contributed by atoms with E-state index >= 15 is 0 Å². The third kappa shape index (κ3) is 4.64. The first-order chi connectivity index (χ1) is 12.3. The highest BCUT2D eigenvalue weighted by Gasteiger charge is 2.30. The molecule has 9 heteroatoms. The molecule has 1 fully saturated rings. The van der Waals surface area contributed by atoms with Gasteiger partial charge in [0.1, 0.15) is 5.75 Å². The van der Waals surface area contributed by atoms with E-state index in [4.69, 9.17) is 0 Å². The molecule has 0 spiro atoms. The van der Waals surface area contributed by atoms with Crippen LogP contribution in [0.2, 0.25) is 0 Å². The van der Waals surface area contributed by atoms with Gasteiger partial charge in [-0.25, -0.2) is 22.2 Å². The predicted molar refractivity (Wildman–Crippen MR) is 96.0 cm³/mol. The van der Waals surface area contributed by atoms with Gasteiger partial charge in [-0.1, -0.05) is 18.9 Å². The summed E-state index contributed by atoms with van der Waals surface area (Å²) in [6.45, 7) is 0. The quantitative estimate of drug-likeness (QED) is 0.807. The summed E-state index contributed by atoms with van der Waals surface area (Å²) in [5.41, 5.74) is 0.578. The molecular formula is C17H18F2N2O3S2. The van der Waals surface area contributed by atoms with Crippen LogP contribution in [0, 0.1) is 11.6 Å². The third-order valence-corrected chi connectivity index (χ3v) is 7.37. The normalized spacial score (nSPS) is 15.3. The van der Waals surface area contributed by atoms with E-state index in [1.807, 2.05) is 0 Å². The van der Waals surface area contributed by atoms with E-state index in [-0.39, 0.29) is 5.13 Å². The van der Waals surface area contributed by atoms with E-state index in [2.05, 4.69) is 10.3 Å². The van der Waals surface area contributed by atoms with Gasteiger partial charge in [-0.15, -0.1) is 11.3 Å². The fraction of sp³-hybridized carbons (Fsp3) is 0.412. The summed E-state index contributed by atoms with van der Waals surface area (Å²) in [5.74, 6) is -2.98. The Bertz CT molecular complexity index is 906. The number of rotatable bonds is 6. The van der Waals surface area contributed by atoms with Crippen LogP contribution >= 0.6 is 11.3 Å². The number of nitrogens with one attached hydrogen (secondary N) is 1. The van der Waals surface area contributed by atoms with Gasteiger partial charge in [0.2, 0.25) is 5.91 Å². The lowest BCUT2D eigenvalue weighted by molar-refractivity contribution is -0.113. The molecule has 1 aliphatic carbocycles. The maximum absolute atomic E-state index is 13.2. The van der Waals surface area contributed by atoms with Gasteiger partial charge < -0.3 is 5.32 Å². The van der Waals surface area contributed by atoms with Crippen molar-refractivity contribution in [3.8, 4) is 0 Å². The molecule has 1 heterocycles. The van der Waals surface area contributed by atoms with Gasteiger partial charge in [0.05, 0.1) is 5.25 Å². The Hall–Kier alpha value is -1.87. The number of carbonyl (C=O) groups is 1. The number of aromatic nitrogens is 1. The minimum absolute atomic E-state index is 0.286. The van der Waals surface area contributed by atoms with Crippen LogP contribution in [0.25, 0.3) is 0 Å². The zero-order valence-corrected chi connectivity index (χ0v) is 15.5. The Labute approximate surface area is 154 Å². The largest absolute Gasteiger partial charge is 0.301 e. The monoisotopic (exact) mass is 400 g/mol. The van der Waals surface area contributed by atoms with Crippen LogP contribution in [-0.2, 0) is 21.1 Å². The summed E-state index contributed by atoms with van der Waals surface area (Å²) >= 11 is 1.17. The molecule has 0 unspecified atom stereocenters. The molecule has 26 heavy (non-hydrogen) atoms. The van der Waals surface area contributed by atoms with Crippen molar-refractivity contribution in [3.05, 3.63) is 46.5 Å². The Morgan fingerprint density at radius 2 is 1.96 bits per heavy atom. The second kappa shape index (κ2) is 7.79. The molecule has 0 radical (unpaired) electrons. The standard InChI is InChI=1S/C17H18F2N2O3S2/c18-14-6-5-11(8-15(14)19)7-12-9-20-17(25-12)21-16(22)10-26(23,24)13-3-1-2-4-13/h5-6,8-9,13H,1-4,7,10H2,(H,20,21,22). The van der Waals surface area contributed by atoms with Gasteiger partial charge >= 0.3 is 0 Å². The van der Waals surface area contributed by atoms with Gasteiger partial charge in [0.15, 0.2) is 26.6 Å². The predicted octanol–water partition coefficient (Wildman–Crippen LogP) is 3.31. The highest BCUT2D eigenvalue weighted by atomic mass is 32.2. The van der Waals surface area contributed by atoms with E-state index in [0.717, 1.165) is 29.9 Å². The van der Waals surface area contributed by atoms with Gasteiger partial charge in [0.25, 0.3) is 0 Å². The molecule has 2 aromatic rings. The summed E-state index contributed by atoms with van der Waals surface area (Å²) in [7, 11) is -3.44. The number of thiazole rings is 1. The van der Waals surface area contributed by atoms with Crippen LogP contribution in [-0.4, -0.2) is 30.3 Å². The van der Waals surface area contributed by atoms with Gasteiger partial charge in [-0.2, -0.15) is 0 Å².